The summed E-state index contributed by atoms with van der Waals surface area (Å²) in [6.07, 6.45) is 1.99. The Balaban J connectivity index is 1.95. The lowest BCUT2D eigenvalue weighted by molar-refractivity contribution is -0.128. The van der Waals surface area contributed by atoms with Crippen LogP contribution in [0.3, 0.4) is 0 Å². The number of allylic oxidation sites excluding steroid dienone is 1. The molecule has 1 amide bonds. The lowest BCUT2D eigenvalue weighted by atomic mass is 9.91. The van der Waals surface area contributed by atoms with E-state index in [4.69, 9.17) is 4.74 Å². The van der Waals surface area contributed by atoms with Crippen LogP contribution < -0.4 is 4.74 Å². The van der Waals surface area contributed by atoms with Crippen LogP contribution in [-0.4, -0.2) is 29.4 Å². The van der Waals surface area contributed by atoms with Gasteiger partial charge in [-0.2, -0.15) is 0 Å². The van der Waals surface area contributed by atoms with Gasteiger partial charge in [0.25, 0.3) is 0 Å². The first-order valence-corrected chi connectivity index (χ1v) is 9.58. The molecule has 0 radical (unpaired) electrons. The number of amides is 1. The van der Waals surface area contributed by atoms with Crippen LogP contribution in [0.4, 0.5) is 13.2 Å². The second-order valence-electron chi connectivity index (χ2n) is 7.62. The smallest absolute Gasteiger partial charge is 0.247 e. The Kier molecular flexibility index (Phi) is 5.05. The van der Waals surface area contributed by atoms with Crippen molar-refractivity contribution in [3.05, 3.63) is 76.3 Å². The predicted octanol–water partition coefficient (Wildman–Crippen LogP) is 5.03. The molecule has 1 unspecified atom stereocenters. The molecule has 0 bridgehead atoms. The summed E-state index contributed by atoms with van der Waals surface area (Å²) in [6, 6.07) is 5.95. The number of ether oxygens (including phenoxy) is 1. The van der Waals surface area contributed by atoms with E-state index >= 15 is 0 Å². The van der Waals surface area contributed by atoms with Gasteiger partial charge in [-0.25, -0.2) is 13.2 Å². The molecule has 1 N–H and O–H groups in total. The van der Waals surface area contributed by atoms with E-state index in [1.54, 1.807) is 27.0 Å². The van der Waals surface area contributed by atoms with Crippen molar-refractivity contribution in [2.24, 2.45) is 0 Å². The van der Waals surface area contributed by atoms with Crippen molar-refractivity contribution in [1.82, 2.24) is 9.88 Å². The lowest BCUT2D eigenvalue weighted by Crippen LogP contribution is -2.40. The van der Waals surface area contributed by atoms with Crippen LogP contribution in [-0.2, 0) is 11.2 Å². The highest BCUT2D eigenvalue weighted by Gasteiger charge is 2.36. The van der Waals surface area contributed by atoms with E-state index in [2.05, 4.69) is 4.98 Å². The van der Waals surface area contributed by atoms with Crippen LogP contribution in [0.2, 0.25) is 0 Å². The average molecular weight is 414 g/mol. The molecule has 0 aliphatic carbocycles. The van der Waals surface area contributed by atoms with Crippen molar-refractivity contribution in [2.45, 2.75) is 26.3 Å². The lowest BCUT2D eigenvalue weighted by Gasteiger charge is -2.36. The second kappa shape index (κ2) is 7.55. The minimum absolute atomic E-state index is 0.0936. The maximum absolute atomic E-state index is 14.8. The number of hydrogen-bond donors (Lipinski definition) is 1. The molecule has 3 aromatic rings. The number of hydrogen-bond acceptors (Lipinski definition) is 2. The Labute approximate surface area is 171 Å². The van der Waals surface area contributed by atoms with Crippen LogP contribution >= 0.6 is 0 Å². The van der Waals surface area contributed by atoms with Gasteiger partial charge in [-0.1, -0.05) is 5.57 Å². The van der Waals surface area contributed by atoms with Crippen LogP contribution in [0.5, 0.6) is 5.75 Å². The zero-order valence-corrected chi connectivity index (χ0v) is 16.9. The molecule has 0 fully saturated rings. The number of rotatable bonds is 3. The summed E-state index contributed by atoms with van der Waals surface area (Å²) in [4.78, 5) is 17.7. The third-order valence-electron chi connectivity index (χ3n) is 5.36. The number of nitrogens with zero attached hydrogens (tertiary/aromatic N) is 1. The standard InChI is InChI=1S/C23H21F3N2O2/c1-12(2)8-21(29)28-7-6-14-15-9-13(30-3)4-5-20(15)27-22(14)23(28)16-10-18(25)19(26)11-17(16)24/h4-5,8-11,23,27H,6-7H2,1-3H3. The van der Waals surface area contributed by atoms with Crippen LogP contribution in [0, 0.1) is 17.5 Å². The summed E-state index contributed by atoms with van der Waals surface area (Å²) < 4.78 is 47.7. The first kappa shape index (κ1) is 20.1. The Morgan fingerprint density at radius 2 is 1.87 bits per heavy atom. The van der Waals surface area contributed by atoms with Crippen LogP contribution in [0.15, 0.2) is 42.0 Å². The Hall–Kier alpha value is -3.22. The molecule has 2 aromatic carbocycles. The number of fused-ring (bicyclic) bond motifs is 3. The number of carbonyl (C=O) groups is 1. The zero-order chi connectivity index (χ0) is 21.6. The molecule has 4 nitrogen and oxygen atoms in total. The van der Waals surface area contributed by atoms with Gasteiger partial charge in [0.05, 0.1) is 7.11 Å². The molecule has 0 saturated heterocycles. The van der Waals surface area contributed by atoms with Crippen molar-refractivity contribution >= 4 is 16.8 Å². The van der Waals surface area contributed by atoms with Crippen molar-refractivity contribution in [3.8, 4) is 5.75 Å². The molecule has 156 valence electrons. The molecule has 0 spiro atoms. The summed E-state index contributed by atoms with van der Waals surface area (Å²) in [5, 5.41) is 0.895. The molecule has 2 heterocycles. The average Bonchev–Trinajstić information content (AvgIpc) is 3.07. The fourth-order valence-electron chi connectivity index (χ4n) is 4.03. The summed E-state index contributed by atoms with van der Waals surface area (Å²) in [6.45, 7) is 3.88. The summed E-state index contributed by atoms with van der Waals surface area (Å²) in [7, 11) is 1.57. The van der Waals surface area contributed by atoms with E-state index < -0.39 is 23.5 Å². The SMILES string of the molecule is COc1ccc2[nH]c3c(c2c1)CCN(C(=O)C=C(C)C)C3c1cc(F)c(F)cc1F. The molecule has 1 aliphatic heterocycles. The molecular formula is C23H21F3N2O2. The van der Waals surface area contributed by atoms with Crippen molar-refractivity contribution < 1.29 is 22.7 Å². The molecule has 30 heavy (non-hydrogen) atoms. The highest BCUT2D eigenvalue weighted by molar-refractivity contribution is 5.91. The second-order valence-corrected chi connectivity index (χ2v) is 7.62. The van der Waals surface area contributed by atoms with Crippen molar-refractivity contribution in [2.75, 3.05) is 13.7 Å². The minimum atomic E-state index is -1.27. The Morgan fingerprint density at radius 3 is 2.57 bits per heavy atom. The topological polar surface area (TPSA) is 45.3 Å². The number of methoxy groups -OCH3 is 1. The van der Waals surface area contributed by atoms with E-state index in [0.29, 0.717) is 30.5 Å². The fraction of sp³-hybridized carbons (Fsp3) is 0.261. The molecule has 0 saturated carbocycles. The predicted molar refractivity (Wildman–Crippen MR) is 108 cm³/mol. The first-order chi connectivity index (χ1) is 14.3. The molecule has 1 atom stereocenters. The molecule has 1 aliphatic rings. The highest BCUT2D eigenvalue weighted by Crippen LogP contribution is 2.40. The van der Waals surface area contributed by atoms with Crippen LogP contribution in [0.25, 0.3) is 10.9 Å². The molecule has 1 aromatic heterocycles. The number of benzene rings is 2. The Bertz CT molecular complexity index is 1180. The largest absolute Gasteiger partial charge is 0.497 e. The van der Waals surface area contributed by atoms with Gasteiger partial charge in [0.2, 0.25) is 5.91 Å². The fourth-order valence-corrected chi connectivity index (χ4v) is 4.03. The quantitative estimate of drug-likeness (QED) is 0.482. The van der Waals surface area contributed by atoms with E-state index in [1.807, 2.05) is 12.1 Å². The first-order valence-electron chi connectivity index (χ1n) is 9.58. The minimum Gasteiger partial charge on any atom is -0.497 e. The number of nitrogens with one attached hydrogen (secondary N) is 1. The van der Waals surface area contributed by atoms with Gasteiger partial charge in [-0.15, -0.1) is 0 Å². The summed E-state index contributed by atoms with van der Waals surface area (Å²) in [5.41, 5.74) is 2.98. The van der Waals surface area contributed by atoms with Gasteiger partial charge >= 0.3 is 0 Å². The van der Waals surface area contributed by atoms with Gasteiger partial charge in [0.1, 0.15) is 17.6 Å². The third kappa shape index (κ3) is 3.34. The summed E-state index contributed by atoms with van der Waals surface area (Å²) in [5.74, 6) is -2.98. The summed E-state index contributed by atoms with van der Waals surface area (Å²) >= 11 is 0. The molecule has 7 heteroatoms. The van der Waals surface area contributed by atoms with Gasteiger partial charge < -0.3 is 14.6 Å². The number of aromatic amines is 1. The zero-order valence-electron chi connectivity index (χ0n) is 16.9. The maximum Gasteiger partial charge on any atom is 0.247 e. The van der Waals surface area contributed by atoms with Crippen molar-refractivity contribution in [3.63, 3.8) is 0 Å². The van der Waals surface area contributed by atoms with Crippen molar-refractivity contribution in [1.29, 1.82) is 0 Å². The van der Waals surface area contributed by atoms with E-state index in [9.17, 15) is 18.0 Å². The highest BCUT2D eigenvalue weighted by atomic mass is 19.2. The molecular weight excluding hydrogens is 393 g/mol. The van der Waals surface area contributed by atoms with E-state index in [-0.39, 0.29) is 11.5 Å². The van der Waals surface area contributed by atoms with Gasteiger partial charge in [-0.3, -0.25) is 4.79 Å². The number of halogens is 3. The van der Waals surface area contributed by atoms with Gasteiger partial charge in [0, 0.05) is 40.8 Å². The van der Waals surface area contributed by atoms with Gasteiger partial charge in [0.15, 0.2) is 11.6 Å². The van der Waals surface area contributed by atoms with E-state index in [1.165, 1.54) is 11.0 Å². The number of H-pyrrole nitrogens is 1. The number of carbonyl (C=O) groups excluding carboxylic acids is 1. The van der Waals surface area contributed by atoms with E-state index in [0.717, 1.165) is 28.1 Å². The monoisotopic (exact) mass is 414 g/mol. The maximum atomic E-state index is 14.8. The van der Waals surface area contributed by atoms with Crippen LogP contribution in [0.1, 0.15) is 36.7 Å². The molecule has 4 rings (SSSR count). The normalized spacial score (nSPS) is 15.8. The Morgan fingerprint density at radius 1 is 1.13 bits per heavy atom. The van der Waals surface area contributed by atoms with Gasteiger partial charge in [-0.05, 0) is 50.1 Å². The number of aromatic nitrogens is 1. The third-order valence-corrected chi connectivity index (χ3v) is 5.36.